The Balaban J connectivity index is 2.73. The van der Waals surface area contributed by atoms with Crippen molar-refractivity contribution in [2.45, 2.75) is 32.2 Å². The second kappa shape index (κ2) is 6.13. The fourth-order valence-corrected chi connectivity index (χ4v) is 2.81. The van der Waals surface area contributed by atoms with Gasteiger partial charge in [-0.3, -0.25) is 15.1 Å². The van der Waals surface area contributed by atoms with Crippen LogP contribution < -0.4 is 5.32 Å². The Morgan fingerprint density at radius 2 is 2.24 bits per heavy atom. The number of non-ortho nitro benzene ring substituents is 1. The second-order valence-corrected chi connectivity index (χ2v) is 5.04. The maximum Gasteiger partial charge on any atom is 0.281 e. The van der Waals surface area contributed by atoms with Crippen molar-refractivity contribution in [1.82, 2.24) is 10.3 Å². The maximum absolute atomic E-state index is 14.5. The van der Waals surface area contributed by atoms with E-state index in [2.05, 4.69) is 10.3 Å². The summed E-state index contributed by atoms with van der Waals surface area (Å²) in [6.07, 6.45) is 2.35. The lowest BCUT2D eigenvalue weighted by molar-refractivity contribution is -0.383. The van der Waals surface area contributed by atoms with Crippen LogP contribution in [-0.2, 0) is 0 Å². The van der Waals surface area contributed by atoms with Crippen molar-refractivity contribution >= 4 is 16.6 Å². The van der Waals surface area contributed by atoms with Crippen molar-refractivity contribution in [3.05, 3.63) is 45.9 Å². The third-order valence-electron chi connectivity index (χ3n) is 3.93. The topological polar surface area (TPSA) is 68.1 Å². The zero-order chi connectivity index (χ0) is 15.6. The Morgan fingerprint density at radius 1 is 1.52 bits per heavy atom. The van der Waals surface area contributed by atoms with E-state index in [0.29, 0.717) is 16.5 Å². The second-order valence-electron chi connectivity index (χ2n) is 5.04. The molecule has 0 spiro atoms. The van der Waals surface area contributed by atoms with Crippen LogP contribution in [0.3, 0.4) is 0 Å². The lowest BCUT2D eigenvalue weighted by atomic mass is 9.89. The van der Waals surface area contributed by atoms with Crippen molar-refractivity contribution in [3.8, 4) is 0 Å². The number of hydrogen-bond acceptors (Lipinski definition) is 4. The number of nitro groups is 1. The molecule has 1 aromatic carbocycles. The fourth-order valence-electron chi connectivity index (χ4n) is 2.81. The number of likely N-dealkylation sites (N-methyl/N-ethyl adjacent to an activating group) is 1. The van der Waals surface area contributed by atoms with Crippen molar-refractivity contribution in [2.24, 2.45) is 0 Å². The summed E-state index contributed by atoms with van der Waals surface area (Å²) in [6, 6.07) is 4.30. The molecule has 0 bridgehead atoms. The van der Waals surface area contributed by atoms with Gasteiger partial charge >= 0.3 is 0 Å². The lowest BCUT2D eigenvalue weighted by Crippen LogP contribution is -2.30. The normalized spacial score (nSPS) is 14.1. The first-order valence-corrected chi connectivity index (χ1v) is 6.90. The highest BCUT2D eigenvalue weighted by molar-refractivity contribution is 5.90. The van der Waals surface area contributed by atoms with E-state index in [9.17, 15) is 14.5 Å². The first kappa shape index (κ1) is 15.3. The highest BCUT2D eigenvalue weighted by Crippen LogP contribution is 2.35. The summed E-state index contributed by atoms with van der Waals surface area (Å²) in [5.74, 6) is -0.715. The molecule has 0 aliphatic rings. The van der Waals surface area contributed by atoms with Gasteiger partial charge in [-0.25, -0.2) is 4.39 Å². The molecule has 6 heteroatoms. The van der Waals surface area contributed by atoms with E-state index in [1.165, 1.54) is 6.20 Å². The van der Waals surface area contributed by atoms with E-state index >= 15 is 0 Å². The standard InChI is InChI=1S/C15H18FN3O2/c1-4-12(17-3)9(2)14-11(16)8-13(19(20)21)10-6-5-7-18-15(10)14/h5-9,12,17H,4H2,1-3H3. The molecule has 21 heavy (non-hydrogen) atoms. The monoisotopic (exact) mass is 291 g/mol. The zero-order valence-corrected chi connectivity index (χ0v) is 12.3. The smallest absolute Gasteiger partial charge is 0.281 e. The van der Waals surface area contributed by atoms with Gasteiger partial charge in [0.1, 0.15) is 5.82 Å². The minimum atomic E-state index is -0.575. The molecule has 1 heterocycles. The summed E-state index contributed by atoms with van der Waals surface area (Å²) in [7, 11) is 1.82. The van der Waals surface area contributed by atoms with Gasteiger partial charge in [-0.15, -0.1) is 0 Å². The average molecular weight is 291 g/mol. The van der Waals surface area contributed by atoms with Crippen LogP contribution in [0.5, 0.6) is 0 Å². The van der Waals surface area contributed by atoms with Gasteiger partial charge in [0, 0.05) is 23.7 Å². The minimum Gasteiger partial charge on any atom is -0.316 e. The predicted octanol–water partition coefficient (Wildman–Crippen LogP) is 3.38. The molecule has 0 fully saturated rings. The first-order valence-electron chi connectivity index (χ1n) is 6.90. The van der Waals surface area contributed by atoms with Crippen LogP contribution in [0.25, 0.3) is 10.9 Å². The SMILES string of the molecule is CCC(NC)C(C)c1c(F)cc([N+](=O)[O-])c2cccnc12. The zero-order valence-electron chi connectivity index (χ0n) is 12.3. The predicted molar refractivity (Wildman–Crippen MR) is 79.9 cm³/mol. The fraction of sp³-hybridized carbons (Fsp3) is 0.400. The van der Waals surface area contributed by atoms with Crippen LogP contribution in [0.4, 0.5) is 10.1 Å². The van der Waals surface area contributed by atoms with E-state index in [1.807, 2.05) is 20.9 Å². The summed E-state index contributed by atoms with van der Waals surface area (Å²) in [5.41, 5.74) is 0.548. The third kappa shape index (κ3) is 2.71. The first-order chi connectivity index (χ1) is 10.0. The summed E-state index contributed by atoms with van der Waals surface area (Å²) < 4.78 is 14.5. The summed E-state index contributed by atoms with van der Waals surface area (Å²) in [5, 5.41) is 14.6. The summed E-state index contributed by atoms with van der Waals surface area (Å²) in [6.45, 7) is 3.92. The van der Waals surface area contributed by atoms with E-state index in [4.69, 9.17) is 0 Å². The molecule has 2 aromatic rings. The Hall–Kier alpha value is -2.08. The summed E-state index contributed by atoms with van der Waals surface area (Å²) in [4.78, 5) is 14.7. The molecule has 0 aliphatic heterocycles. The van der Waals surface area contributed by atoms with Gasteiger partial charge in [0.25, 0.3) is 5.69 Å². The average Bonchev–Trinajstić information content (AvgIpc) is 2.47. The highest BCUT2D eigenvalue weighted by Gasteiger charge is 2.26. The minimum absolute atomic E-state index is 0.0752. The molecule has 1 aromatic heterocycles. The molecular formula is C15H18FN3O2. The number of pyridine rings is 1. The molecule has 1 N–H and O–H groups in total. The van der Waals surface area contributed by atoms with Crippen LogP contribution in [0.15, 0.2) is 24.4 Å². The Kier molecular flexibility index (Phi) is 4.47. The molecule has 0 saturated heterocycles. The van der Waals surface area contributed by atoms with Crippen molar-refractivity contribution in [2.75, 3.05) is 7.05 Å². The van der Waals surface area contributed by atoms with Crippen LogP contribution >= 0.6 is 0 Å². The number of halogens is 1. The molecule has 0 amide bonds. The van der Waals surface area contributed by atoms with Crippen LogP contribution in [0, 0.1) is 15.9 Å². The molecule has 0 aliphatic carbocycles. The molecule has 0 radical (unpaired) electrons. The van der Waals surface area contributed by atoms with Crippen molar-refractivity contribution < 1.29 is 9.31 Å². The Bertz CT molecular complexity index is 671. The van der Waals surface area contributed by atoms with Gasteiger partial charge in [-0.1, -0.05) is 13.8 Å². The number of hydrogen-bond donors (Lipinski definition) is 1. The molecule has 2 unspecified atom stereocenters. The number of nitro benzene ring substituents is 1. The number of fused-ring (bicyclic) bond motifs is 1. The van der Waals surface area contributed by atoms with Gasteiger partial charge in [0.05, 0.1) is 21.9 Å². The Morgan fingerprint density at radius 3 is 2.81 bits per heavy atom. The van der Waals surface area contributed by atoms with Gasteiger partial charge < -0.3 is 5.32 Å². The van der Waals surface area contributed by atoms with Gasteiger partial charge in [0.2, 0.25) is 0 Å². The third-order valence-corrected chi connectivity index (χ3v) is 3.93. The number of nitrogens with one attached hydrogen (secondary N) is 1. The van der Waals surface area contributed by atoms with Gasteiger partial charge in [0.15, 0.2) is 0 Å². The van der Waals surface area contributed by atoms with Crippen molar-refractivity contribution in [3.63, 3.8) is 0 Å². The molecule has 5 nitrogen and oxygen atoms in total. The van der Waals surface area contributed by atoms with E-state index in [0.717, 1.165) is 12.5 Å². The van der Waals surface area contributed by atoms with Gasteiger partial charge in [-0.05, 0) is 25.6 Å². The molecule has 0 saturated carbocycles. The Labute approximate surface area is 122 Å². The number of benzene rings is 1. The number of rotatable bonds is 5. The van der Waals surface area contributed by atoms with Crippen LogP contribution in [0.1, 0.15) is 31.7 Å². The number of aromatic nitrogens is 1. The molecular weight excluding hydrogens is 273 g/mol. The largest absolute Gasteiger partial charge is 0.316 e. The highest BCUT2D eigenvalue weighted by atomic mass is 19.1. The van der Waals surface area contributed by atoms with E-state index in [1.54, 1.807) is 12.1 Å². The lowest BCUT2D eigenvalue weighted by Gasteiger charge is -2.23. The summed E-state index contributed by atoms with van der Waals surface area (Å²) >= 11 is 0. The van der Waals surface area contributed by atoms with Crippen molar-refractivity contribution in [1.29, 1.82) is 0 Å². The number of nitrogens with zero attached hydrogens (tertiary/aromatic N) is 2. The van der Waals surface area contributed by atoms with E-state index < -0.39 is 10.7 Å². The molecule has 2 atom stereocenters. The maximum atomic E-state index is 14.5. The molecule has 2 rings (SSSR count). The quantitative estimate of drug-likeness (QED) is 0.677. The van der Waals surface area contributed by atoms with E-state index in [-0.39, 0.29) is 17.6 Å². The van der Waals surface area contributed by atoms with Crippen LogP contribution in [-0.4, -0.2) is 23.0 Å². The van der Waals surface area contributed by atoms with Gasteiger partial charge in [-0.2, -0.15) is 0 Å². The van der Waals surface area contributed by atoms with Crippen LogP contribution in [0.2, 0.25) is 0 Å². The molecule has 112 valence electrons.